The standard InChI is InChI=1S/C22H16N4OS2/c27-21-19-11-14-28-20(19)24-22(26(21)18-5-2-1-3-6-18)29-15-16-7-9-17(10-8-16)25-13-4-12-23-25/h1-14H,15H2. The van der Waals surface area contributed by atoms with Crippen LogP contribution in [0.2, 0.25) is 0 Å². The summed E-state index contributed by atoms with van der Waals surface area (Å²) in [5.74, 6) is 0.718. The van der Waals surface area contributed by atoms with Crippen molar-refractivity contribution in [2.45, 2.75) is 10.9 Å². The van der Waals surface area contributed by atoms with E-state index in [1.807, 2.05) is 70.9 Å². The molecular weight excluding hydrogens is 400 g/mol. The Kier molecular flexibility index (Phi) is 4.75. The number of hydrogen-bond acceptors (Lipinski definition) is 5. The second-order valence-electron chi connectivity index (χ2n) is 6.42. The lowest BCUT2D eigenvalue weighted by Crippen LogP contribution is -2.21. The highest BCUT2D eigenvalue weighted by Crippen LogP contribution is 2.26. The van der Waals surface area contributed by atoms with Crippen molar-refractivity contribution in [3.05, 3.63) is 100 Å². The van der Waals surface area contributed by atoms with Gasteiger partial charge in [-0.25, -0.2) is 9.67 Å². The zero-order valence-corrected chi connectivity index (χ0v) is 16.9. The fourth-order valence-corrected chi connectivity index (χ4v) is 4.88. The number of hydrogen-bond donors (Lipinski definition) is 0. The molecule has 5 rings (SSSR count). The van der Waals surface area contributed by atoms with Crippen molar-refractivity contribution in [1.82, 2.24) is 19.3 Å². The third-order valence-corrected chi connectivity index (χ3v) is 6.37. The molecule has 0 bridgehead atoms. The van der Waals surface area contributed by atoms with Crippen molar-refractivity contribution < 1.29 is 0 Å². The van der Waals surface area contributed by atoms with Crippen LogP contribution in [0.1, 0.15) is 5.56 Å². The fraction of sp³-hybridized carbons (Fsp3) is 0.0455. The molecule has 0 saturated heterocycles. The van der Waals surface area contributed by atoms with Gasteiger partial charge >= 0.3 is 0 Å². The molecule has 7 heteroatoms. The van der Waals surface area contributed by atoms with Crippen molar-refractivity contribution in [2.75, 3.05) is 0 Å². The lowest BCUT2D eigenvalue weighted by molar-refractivity contribution is 0.822. The summed E-state index contributed by atoms with van der Waals surface area (Å²) in [5, 5.41) is 7.53. The smallest absolute Gasteiger partial charge is 0.267 e. The van der Waals surface area contributed by atoms with Crippen LogP contribution in [-0.2, 0) is 5.75 Å². The second-order valence-corrected chi connectivity index (χ2v) is 8.25. The van der Waals surface area contributed by atoms with Gasteiger partial charge in [0.05, 0.1) is 16.8 Å². The highest BCUT2D eigenvalue weighted by atomic mass is 32.2. The molecule has 0 fully saturated rings. The zero-order chi connectivity index (χ0) is 19.6. The molecule has 3 heterocycles. The van der Waals surface area contributed by atoms with Crippen molar-refractivity contribution in [3.8, 4) is 11.4 Å². The Hall–Kier alpha value is -3.16. The number of benzene rings is 2. The van der Waals surface area contributed by atoms with E-state index >= 15 is 0 Å². The Morgan fingerprint density at radius 1 is 0.931 bits per heavy atom. The minimum absolute atomic E-state index is 0.0287. The van der Waals surface area contributed by atoms with Gasteiger partial charge in [-0.15, -0.1) is 11.3 Å². The molecule has 0 spiro atoms. The zero-order valence-electron chi connectivity index (χ0n) is 15.3. The summed E-state index contributed by atoms with van der Waals surface area (Å²) in [4.78, 5) is 18.7. The van der Waals surface area contributed by atoms with Crippen LogP contribution in [0.3, 0.4) is 0 Å². The molecule has 2 aromatic carbocycles. The van der Waals surface area contributed by atoms with E-state index in [0.717, 1.165) is 27.5 Å². The van der Waals surface area contributed by atoms with Gasteiger partial charge in [0.2, 0.25) is 0 Å². The number of thiophene rings is 1. The van der Waals surface area contributed by atoms with Crippen molar-refractivity contribution in [1.29, 1.82) is 0 Å². The molecule has 3 aromatic heterocycles. The summed E-state index contributed by atoms with van der Waals surface area (Å²) < 4.78 is 3.54. The maximum Gasteiger partial charge on any atom is 0.267 e. The van der Waals surface area contributed by atoms with E-state index in [2.05, 4.69) is 17.2 Å². The number of aromatic nitrogens is 4. The quantitative estimate of drug-likeness (QED) is 0.301. The van der Waals surface area contributed by atoms with Gasteiger partial charge in [-0.2, -0.15) is 5.10 Å². The highest BCUT2D eigenvalue weighted by molar-refractivity contribution is 7.98. The third-order valence-electron chi connectivity index (χ3n) is 4.55. The predicted octanol–water partition coefficient (Wildman–Crippen LogP) is 4.93. The van der Waals surface area contributed by atoms with E-state index in [1.54, 1.807) is 22.5 Å². The first kappa shape index (κ1) is 17.9. The summed E-state index contributed by atoms with van der Waals surface area (Å²) in [6.07, 6.45) is 3.68. The summed E-state index contributed by atoms with van der Waals surface area (Å²) >= 11 is 3.06. The average molecular weight is 417 g/mol. The first-order valence-corrected chi connectivity index (χ1v) is 10.9. The van der Waals surface area contributed by atoms with Gasteiger partial charge in [0.25, 0.3) is 5.56 Å². The minimum Gasteiger partial charge on any atom is -0.268 e. The van der Waals surface area contributed by atoms with Gasteiger partial charge < -0.3 is 0 Å². The van der Waals surface area contributed by atoms with Crippen LogP contribution in [0.5, 0.6) is 0 Å². The molecule has 0 saturated carbocycles. The van der Waals surface area contributed by atoms with Crippen LogP contribution >= 0.6 is 23.1 Å². The van der Waals surface area contributed by atoms with Crippen molar-refractivity contribution in [2.24, 2.45) is 0 Å². The van der Waals surface area contributed by atoms with Crippen molar-refractivity contribution in [3.63, 3.8) is 0 Å². The van der Waals surface area contributed by atoms with Crippen LogP contribution in [0, 0.1) is 0 Å². The molecule has 0 aliphatic heterocycles. The number of nitrogens with zero attached hydrogens (tertiary/aromatic N) is 4. The molecular formula is C22H16N4OS2. The van der Waals surface area contributed by atoms with Gasteiger partial charge in [-0.3, -0.25) is 9.36 Å². The van der Waals surface area contributed by atoms with Crippen LogP contribution < -0.4 is 5.56 Å². The summed E-state index contributed by atoms with van der Waals surface area (Å²) in [6, 6.07) is 21.7. The summed E-state index contributed by atoms with van der Waals surface area (Å²) in [7, 11) is 0. The Balaban J connectivity index is 1.48. The van der Waals surface area contributed by atoms with Gasteiger partial charge in [0.1, 0.15) is 4.83 Å². The van der Waals surface area contributed by atoms with Crippen molar-refractivity contribution >= 4 is 33.3 Å². The molecule has 29 heavy (non-hydrogen) atoms. The van der Waals surface area contributed by atoms with E-state index in [0.29, 0.717) is 10.5 Å². The lowest BCUT2D eigenvalue weighted by Gasteiger charge is -2.12. The van der Waals surface area contributed by atoms with E-state index in [4.69, 9.17) is 4.98 Å². The summed E-state index contributed by atoms with van der Waals surface area (Å²) in [5.41, 5.74) is 2.97. The summed E-state index contributed by atoms with van der Waals surface area (Å²) in [6.45, 7) is 0. The number of thioether (sulfide) groups is 1. The largest absolute Gasteiger partial charge is 0.268 e. The van der Waals surface area contributed by atoms with Crippen LogP contribution in [0.25, 0.3) is 21.6 Å². The predicted molar refractivity (Wildman–Crippen MR) is 118 cm³/mol. The molecule has 0 atom stereocenters. The van der Waals surface area contributed by atoms with Gasteiger partial charge in [0.15, 0.2) is 5.16 Å². The van der Waals surface area contributed by atoms with Crippen LogP contribution in [0.4, 0.5) is 0 Å². The number of rotatable bonds is 5. The molecule has 0 aliphatic carbocycles. The average Bonchev–Trinajstić information content (AvgIpc) is 3.46. The molecule has 0 amide bonds. The molecule has 0 radical (unpaired) electrons. The Morgan fingerprint density at radius 3 is 2.52 bits per heavy atom. The monoisotopic (exact) mass is 416 g/mol. The molecule has 0 unspecified atom stereocenters. The first-order valence-electron chi connectivity index (χ1n) is 9.07. The Morgan fingerprint density at radius 2 is 1.76 bits per heavy atom. The van der Waals surface area contributed by atoms with E-state index in [9.17, 15) is 4.79 Å². The molecule has 142 valence electrons. The van der Waals surface area contributed by atoms with Gasteiger partial charge in [-0.05, 0) is 47.3 Å². The van der Waals surface area contributed by atoms with Crippen LogP contribution in [-0.4, -0.2) is 19.3 Å². The third kappa shape index (κ3) is 3.50. The topological polar surface area (TPSA) is 52.7 Å². The molecule has 0 N–H and O–H groups in total. The van der Waals surface area contributed by atoms with E-state index in [-0.39, 0.29) is 5.56 Å². The Bertz CT molecular complexity index is 1310. The lowest BCUT2D eigenvalue weighted by atomic mass is 10.2. The molecule has 5 aromatic rings. The maximum absolute atomic E-state index is 13.1. The van der Waals surface area contributed by atoms with Gasteiger partial charge in [0, 0.05) is 18.1 Å². The minimum atomic E-state index is -0.0287. The number of fused-ring (bicyclic) bond motifs is 1. The Labute approximate surface area is 175 Å². The first-order chi connectivity index (χ1) is 14.3. The van der Waals surface area contributed by atoms with Crippen LogP contribution in [0.15, 0.2) is 94.5 Å². The molecule has 5 nitrogen and oxygen atoms in total. The van der Waals surface area contributed by atoms with E-state index in [1.165, 1.54) is 11.3 Å². The van der Waals surface area contributed by atoms with E-state index < -0.39 is 0 Å². The maximum atomic E-state index is 13.1. The second kappa shape index (κ2) is 7.69. The number of para-hydroxylation sites is 1. The normalized spacial score (nSPS) is 11.2. The molecule has 0 aliphatic rings. The highest BCUT2D eigenvalue weighted by Gasteiger charge is 2.14. The SMILES string of the molecule is O=c1c2ccsc2nc(SCc2ccc(-n3cccn3)cc2)n1-c1ccccc1. The van der Waals surface area contributed by atoms with Gasteiger partial charge in [-0.1, -0.05) is 42.1 Å². The fourth-order valence-electron chi connectivity index (χ4n) is 3.11.